The van der Waals surface area contributed by atoms with Crippen LogP contribution in [0.25, 0.3) is 10.8 Å². The number of nitrogens with zero attached hydrogens (tertiary/aromatic N) is 2. The third kappa shape index (κ3) is 5.59. The minimum absolute atomic E-state index is 0.359. The average molecular weight is 340 g/mol. The van der Waals surface area contributed by atoms with Crippen LogP contribution in [0.3, 0.4) is 0 Å². The summed E-state index contributed by atoms with van der Waals surface area (Å²) in [5.41, 5.74) is 1.66. The smallest absolute Gasteiger partial charge is 0.306 e. The molecule has 0 saturated carbocycles. The molecule has 0 aromatic heterocycles. The number of oxime groups is 1. The van der Waals surface area contributed by atoms with Crippen molar-refractivity contribution in [1.29, 1.82) is 0 Å². The molecule has 0 atom stereocenters. The summed E-state index contributed by atoms with van der Waals surface area (Å²) in [6, 6.07) is 14.3. The zero-order chi connectivity index (χ0) is 18.1. The Morgan fingerprint density at radius 1 is 1.00 bits per heavy atom. The van der Waals surface area contributed by atoms with E-state index >= 15 is 0 Å². The van der Waals surface area contributed by atoms with Gasteiger partial charge in [0, 0.05) is 13.1 Å². The molecule has 4 nitrogen and oxygen atoms in total. The van der Waals surface area contributed by atoms with Gasteiger partial charge in [0.1, 0.15) is 0 Å². The second kappa shape index (κ2) is 9.82. The lowest BCUT2D eigenvalue weighted by Gasteiger charge is -2.19. The first-order chi connectivity index (χ1) is 12.2. The van der Waals surface area contributed by atoms with Gasteiger partial charge in [-0.15, -0.1) is 0 Å². The van der Waals surface area contributed by atoms with E-state index < -0.39 is 0 Å². The molecule has 0 aliphatic heterocycles. The Hall–Kier alpha value is -2.36. The van der Waals surface area contributed by atoms with Gasteiger partial charge in [0.25, 0.3) is 0 Å². The fourth-order valence-electron chi connectivity index (χ4n) is 2.62. The Morgan fingerprint density at radius 2 is 1.64 bits per heavy atom. The first-order valence-corrected chi connectivity index (χ1v) is 9.15. The zero-order valence-corrected chi connectivity index (χ0v) is 15.5. The van der Waals surface area contributed by atoms with Gasteiger partial charge in [-0.05, 0) is 42.2 Å². The minimum atomic E-state index is -0.359. The molecule has 0 bridgehead atoms. The van der Waals surface area contributed by atoms with Gasteiger partial charge < -0.3 is 4.90 Å². The SMILES string of the molecule is CCCCN(CCCC)C(=O)O/N=C(\C)c1ccc2ccccc2c1. The molecule has 4 heteroatoms. The number of fused-ring (bicyclic) bond motifs is 1. The lowest BCUT2D eigenvalue weighted by molar-refractivity contribution is 0.104. The third-order valence-electron chi connectivity index (χ3n) is 4.25. The van der Waals surface area contributed by atoms with E-state index in [4.69, 9.17) is 4.84 Å². The molecule has 0 heterocycles. The van der Waals surface area contributed by atoms with Crippen LogP contribution >= 0.6 is 0 Å². The Morgan fingerprint density at radius 3 is 2.28 bits per heavy atom. The molecule has 2 aromatic rings. The molecule has 2 rings (SSSR count). The fraction of sp³-hybridized carbons (Fsp3) is 0.429. The van der Waals surface area contributed by atoms with Crippen molar-refractivity contribution in [3.63, 3.8) is 0 Å². The van der Waals surface area contributed by atoms with Crippen molar-refractivity contribution in [3.8, 4) is 0 Å². The van der Waals surface area contributed by atoms with E-state index in [1.807, 2.05) is 25.1 Å². The average Bonchev–Trinajstić information content (AvgIpc) is 2.65. The predicted molar refractivity (Wildman–Crippen MR) is 104 cm³/mol. The first-order valence-electron chi connectivity index (χ1n) is 9.15. The van der Waals surface area contributed by atoms with Gasteiger partial charge in [-0.2, -0.15) is 0 Å². The molecule has 0 N–H and O–H groups in total. The lowest BCUT2D eigenvalue weighted by atomic mass is 10.0. The number of hydrogen-bond donors (Lipinski definition) is 0. The van der Waals surface area contributed by atoms with E-state index in [-0.39, 0.29) is 6.09 Å². The second-order valence-corrected chi connectivity index (χ2v) is 6.29. The maximum absolute atomic E-state index is 12.3. The van der Waals surface area contributed by atoms with E-state index in [1.54, 1.807) is 4.90 Å². The molecule has 25 heavy (non-hydrogen) atoms. The van der Waals surface area contributed by atoms with Crippen LogP contribution in [0.2, 0.25) is 0 Å². The summed E-state index contributed by atoms with van der Waals surface area (Å²) < 4.78 is 0. The third-order valence-corrected chi connectivity index (χ3v) is 4.25. The number of rotatable bonds is 8. The van der Waals surface area contributed by atoms with E-state index in [2.05, 4.69) is 43.3 Å². The maximum Gasteiger partial charge on any atom is 0.435 e. The highest BCUT2D eigenvalue weighted by Crippen LogP contribution is 2.16. The molecule has 0 unspecified atom stereocenters. The molecule has 2 aromatic carbocycles. The first kappa shape index (κ1) is 19.0. The van der Waals surface area contributed by atoms with Gasteiger partial charge in [-0.3, -0.25) is 4.84 Å². The van der Waals surface area contributed by atoms with Crippen molar-refractivity contribution in [1.82, 2.24) is 4.90 Å². The molecule has 0 aliphatic rings. The summed E-state index contributed by atoms with van der Waals surface area (Å²) in [5.74, 6) is 0. The largest absolute Gasteiger partial charge is 0.435 e. The summed E-state index contributed by atoms with van der Waals surface area (Å²) >= 11 is 0. The molecule has 1 amide bonds. The number of carbonyl (C=O) groups excluding carboxylic acids is 1. The van der Waals surface area contributed by atoms with Crippen LogP contribution in [0, 0.1) is 0 Å². The van der Waals surface area contributed by atoms with Crippen molar-refractivity contribution in [2.45, 2.75) is 46.5 Å². The summed E-state index contributed by atoms with van der Waals surface area (Å²) in [7, 11) is 0. The van der Waals surface area contributed by atoms with Crippen molar-refractivity contribution in [2.75, 3.05) is 13.1 Å². The molecule has 0 aliphatic carbocycles. The Kier molecular flexibility index (Phi) is 7.45. The summed E-state index contributed by atoms with van der Waals surface area (Å²) in [4.78, 5) is 19.3. The highest BCUT2D eigenvalue weighted by molar-refractivity contribution is 6.01. The molecule has 0 saturated heterocycles. The van der Waals surface area contributed by atoms with Gasteiger partial charge in [-0.1, -0.05) is 68.2 Å². The highest BCUT2D eigenvalue weighted by Gasteiger charge is 2.14. The van der Waals surface area contributed by atoms with Crippen LogP contribution in [0.5, 0.6) is 0 Å². The van der Waals surface area contributed by atoms with Crippen LogP contribution in [0.4, 0.5) is 4.79 Å². The summed E-state index contributed by atoms with van der Waals surface area (Å²) in [5, 5.41) is 6.39. The molecule has 134 valence electrons. The summed E-state index contributed by atoms with van der Waals surface area (Å²) in [6.45, 7) is 7.54. The Labute approximate surface area is 150 Å². The van der Waals surface area contributed by atoms with Gasteiger partial charge in [0.2, 0.25) is 0 Å². The van der Waals surface area contributed by atoms with E-state index in [1.165, 1.54) is 5.39 Å². The number of carbonyl (C=O) groups is 1. The highest BCUT2D eigenvalue weighted by atomic mass is 16.7. The van der Waals surface area contributed by atoms with Crippen LogP contribution < -0.4 is 0 Å². The van der Waals surface area contributed by atoms with Crippen molar-refractivity contribution < 1.29 is 9.63 Å². The van der Waals surface area contributed by atoms with E-state index in [9.17, 15) is 4.79 Å². The number of amides is 1. The second-order valence-electron chi connectivity index (χ2n) is 6.29. The van der Waals surface area contributed by atoms with Gasteiger partial charge in [-0.25, -0.2) is 4.79 Å². The molecular weight excluding hydrogens is 312 g/mol. The number of hydrogen-bond acceptors (Lipinski definition) is 3. The van der Waals surface area contributed by atoms with Crippen LogP contribution in [0.15, 0.2) is 47.6 Å². The van der Waals surface area contributed by atoms with Gasteiger partial charge >= 0.3 is 6.09 Å². The minimum Gasteiger partial charge on any atom is -0.306 e. The Bertz CT molecular complexity index is 717. The summed E-state index contributed by atoms with van der Waals surface area (Å²) in [6.07, 6.45) is 3.70. The van der Waals surface area contributed by atoms with Gasteiger partial charge in [0.15, 0.2) is 0 Å². The maximum atomic E-state index is 12.3. The van der Waals surface area contributed by atoms with E-state index in [0.29, 0.717) is 5.71 Å². The molecule has 0 fully saturated rings. The Balaban J connectivity index is 2.05. The molecule has 0 spiro atoms. The number of benzene rings is 2. The topological polar surface area (TPSA) is 41.9 Å². The van der Waals surface area contributed by atoms with E-state index in [0.717, 1.165) is 49.7 Å². The monoisotopic (exact) mass is 340 g/mol. The van der Waals surface area contributed by atoms with Crippen molar-refractivity contribution in [2.24, 2.45) is 5.16 Å². The quantitative estimate of drug-likeness (QED) is 0.356. The normalized spacial score (nSPS) is 11.6. The predicted octanol–water partition coefficient (Wildman–Crippen LogP) is 5.60. The molecular formula is C21H28N2O2. The fourth-order valence-corrected chi connectivity index (χ4v) is 2.62. The van der Waals surface area contributed by atoms with Crippen LogP contribution in [0.1, 0.15) is 52.0 Å². The standard InChI is InChI=1S/C21H28N2O2/c1-4-6-14-23(15-7-5-2)21(24)25-22-17(3)19-13-12-18-10-8-9-11-20(18)16-19/h8-13,16H,4-7,14-15H2,1-3H3/b22-17+. The lowest BCUT2D eigenvalue weighted by Crippen LogP contribution is -2.32. The molecule has 0 radical (unpaired) electrons. The zero-order valence-electron chi connectivity index (χ0n) is 15.5. The van der Waals surface area contributed by atoms with Gasteiger partial charge in [0.05, 0.1) is 5.71 Å². The van der Waals surface area contributed by atoms with Crippen LogP contribution in [-0.2, 0) is 4.84 Å². The van der Waals surface area contributed by atoms with Crippen molar-refractivity contribution >= 4 is 22.6 Å². The van der Waals surface area contributed by atoms with Crippen LogP contribution in [-0.4, -0.2) is 29.8 Å². The van der Waals surface area contributed by atoms with Crippen molar-refractivity contribution in [3.05, 3.63) is 48.0 Å². The number of unbranched alkanes of at least 4 members (excludes halogenated alkanes) is 2.